The average molecular weight is 303 g/mol. The van der Waals surface area contributed by atoms with Crippen molar-refractivity contribution >= 4 is 28.8 Å². The molecule has 0 aliphatic rings. The van der Waals surface area contributed by atoms with E-state index in [9.17, 15) is 14.4 Å². The minimum absolute atomic E-state index is 0.235. The number of para-hydroxylation sites is 1. The summed E-state index contributed by atoms with van der Waals surface area (Å²) in [5.41, 5.74) is 5.93. The molecular formula is C15H17N3O4. The molecule has 0 unspecified atom stereocenters. The second-order valence-corrected chi connectivity index (χ2v) is 5.19. The first-order valence-electron chi connectivity index (χ1n) is 6.77. The van der Waals surface area contributed by atoms with Crippen LogP contribution < -0.4 is 11.1 Å². The monoisotopic (exact) mass is 303 g/mol. The summed E-state index contributed by atoms with van der Waals surface area (Å²) in [5, 5.41) is 2.78. The summed E-state index contributed by atoms with van der Waals surface area (Å²) in [7, 11) is 0. The zero-order chi connectivity index (χ0) is 16.3. The lowest BCUT2D eigenvalue weighted by atomic mass is 10.1. The summed E-state index contributed by atoms with van der Waals surface area (Å²) in [6.07, 6.45) is -1.11. The molecule has 0 bridgehead atoms. The molecule has 1 aromatic carbocycles. The van der Waals surface area contributed by atoms with Crippen LogP contribution in [0.1, 0.15) is 24.3 Å². The van der Waals surface area contributed by atoms with Gasteiger partial charge >= 0.3 is 12.0 Å². The Hall–Kier alpha value is -2.83. The fourth-order valence-corrected chi connectivity index (χ4v) is 2.05. The first kappa shape index (κ1) is 15.6. The largest absolute Gasteiger partial charge is 0.447 e. The molecule has 2 aromatic rings. The molecule has 3 amide bonds. The molecule has 0 saturated carbocycles. The predicted octanol–water partition coefficient (Wildman–Crippen LogP) is 1.54. The first-order valence-corrected chi connectivity index (χ1v) is 6.77. The third-order valence-corrected chi connectivity index (χ3v) is 3.09. The Morgan fingerprint density at radius 1 is 1.23 bits per heavy atom. The Morgan fingerprint density at radius 2 is 1.91 bits per heavy atom. The van der Waals surface area contributed by atoms with Crippen molar-refractivity contribution in [2.24, 2.45) is 11.7 Å². The van der Waals surface area contributed by atoms with Crippen molar-refractivity contribution in [3.05, 3.63) is 36.0 Å². The van der Waals surface area contributed by atoms with Crippen LogP contribution in [0.4, 0.5) is 4.79 Å². The molecule has 0 spiro atoms. The van der Waals surface area contributed by atoms with E-state index in [4.69, 9.17) is 10.5 Å². The third kappa shape index (κ3) is 3.43. The Morgan fingerprint density at radius 3 is 2.50 bits per heavy atom. The van der Waals surface area contributed by atoms with E-state index in [1.165, 1.54) is 0 Å². The van der Waals surface area contributed by atoms with Gasteiger partial charge in [-0.25, -0.2) is 9.59 Å². The van der Waals surface area contributed by atoms with Crippen LogP contribution in [0.25, 0.3) is 10.9 Å². The second-order valence-electron chi connectivity index (χ2n) is 5.19. The highest BCUT2D eigenvalue weighted by atomic mass is 16.5. The SMILES string of the molecule is CC(C)[C@H](OC(=O)c1cc2ccccc2[nH]1)C(=O)NC(N)=O. The van der Waals surface area contributed by atoms with Crippen LogP contribution >= 0.6 is 0 Å². The van der Waals surface area contributed by atoms with E-state index < -0.39 is 24.0 Å². The van der Waals surface area contributed by atoms with E-state index >= 15 is 0 Å². The highest BCUT2D eigenvalue weighted by Gasteiger charge is 2.28. The number of esters is 1. The minimum atomic E-state index is -1.11. The van der Waals surface area contributed by atoms with Crippen molar-refractivity contribution in [1.82, 2.24) is 10.3 Å². The van der Waals surface area contributed by atoms with E-state index in [0.29, 0.717) is 0 Å². The maximum absolute atomic E-state index is 12.2. The summed E-state index contributed by atoms with van der Waals surface area (Å²) < 4.78 is 5.20. The number of imide groups is 1. The molecule has 1 heterocycles. The van der Waals surface area contributed by atoms with Crippen LogP contribution in [0.5, 0.6) is 0 Å². The van der Waals surface area contributed by atoms with Gasteiger partial charge < -0.3 is 15.5 Å². The van der Waals surface area contributed by atoms with E-state index in [2.05, 4.69) is 4.98 Å². The first-order chi connectivity index (χ1) is 10.4. The number of aromatic nitrogens is 1. The molecule has 7 heteroatoms. The third-order valence-electron chi connectivity index (χ3n) is 3.09. The van der Waals surface area contributed by atoms with Gasteiger partial charge in [-0.2, -0.15) is 0 Å². The van der Waals surface area contributed by atoms with Crippen LogP contribution in [-0.2, 0) is 9.53 Å². The number of nitrogens with two attached hydrogens (primary N) is 1. The zero-order valence-corrected chi connectivity index (χ0v) is 12.3. The number of amides is 3. The van der Waals surface area contributed by atoms with Gasteiger partial charge in [-0.1, -0.05) is 32.0 Å². The number of nitrogens with one attached hydrogen (secondary N) is 2. The highest BCUT2D eigenvalue weighted by Crippen LogP contribution is 2.17. The number of H-pyrrole nitrogens is 1. The zero-order valence-electron chi connectivity index (χ0n) is 12.3. The topological polar surface area (TPSA) is 114 Å². The quantitative estimate of drug-likeness (QED) is 0.743. The van der Waals surface area contributed by atoms with Crippen molar-refractivity contribution < 1.29 is 19.1 Å². The molecule has 1 aromatic heterocycles. The number of hydrogen-bond donors (Lipinski definition) is 3. The van der Waals surface area contributed by atoms with Gasteiger partial charge in [0.15, 0.2) is 6.10 Å². The van der Waals surface area contributed by atoms with Crippen LogP contribution in [0, 0.1) is 5.92 Å². The molecule has 2 rings (SSSR count). The smallest absolute Gasteiger partial charge is 0.355 e. The number of ether oxygens (including phenoxy) is 1. The molecule has 116 valence electrons. The van der Waals surface area contributed by atoms with Crippen LogP contribution in [0.15, 0.2) is 30.3 Å². The number of primary amides is 1. The molecule has 0 saturated heterocycles. The Labute approximate surface area is 126 Å². The summed E-state index contributed by atoms with van der Waals surface area (Å²) in [4.78, 5) is 37.7. The lowest BCUT2D eigenvalue weighted by Gasteiger charge is -2.19. The van der Waals surface area contributed by atoms with Crippen molar-refractivity contribution in [3.63, 3.8) is 0 Å². The Kier molecular flexibility index (Phi) is 4.45. The van der Waals surface area contributed by atoms with Gasteiger partial charge in [-0.3, -0.25) is 10.1 Å². The number of rotatable bonds is 4. The van der Waals surface area contributed by atoms with Gasteiger partial charge in [0.1, 0.15) is 5.69 Å². The summed E-state index contributed by atoms with van der Waals surface area (Å²) in [6, 6.07) is 8.01. The number of carbonyl (C=O) groups excluding carboxylic acids is 3. The Balaban J connectivity index is 2.17. The number of hydrogen-bond acceptors (Lipinski definition) is 4. The van der Waals surface area contributed by atoms with E-state index in [-0.39, 0.29) is 11.6 Å². The molecule has 22 heavy (non-hydrogen) atoms. The van der Waals surface area contributed by atoms with E-state index in [1.807, 2.05) is 29.6 Å². The van der Waals surface area contributed by atoms with Gasteiger partial charge in [0.25, 0.3) is 5.91 Å². The van der Waals surface area contributed by atoms with Gasteiger partial charge in [0.2, 0.25) is 0 Å². The normalized spacial score (nSPS) is 12.1. The molecule has 0 radical (unpaired) electrons. The number of urea groups is 1. The molecule has 0 aliphatic carbocycles. The van der Waals surface area contributed by atoms with Crippen molar-refractivity contribution in [2.75, 3.05) is 0 Å². The predicted molar refractivity (Wildman–Crippen MR) is 80.1 cm³/mol. The van der Waals surface area contributed by atoms with Crippen molar-refractivity contribution in [3.8, 4) is 0 Å². The highest BCUT2D eigenvalue weighted by molar-refractivity contribution is 5.99. The molecule has 7 nitrogen and oxygen atoms in total. The number of fused-ring (bicyclic) bond motifs is 1. The number of benzene rings is 1. The lowest BCUT2D eigenvalue weighted by Crippen LogP contribution is -2.45. The van der Waals surface area contributed by atoms with Gasteiger partial charge in [-0.05, 0) is 18.1 Å². The maximum atomic E-state index is 12.2. The standard InChI is InChI=1S/C15H17N3O4/c1-8(2)12(13(19)18-15(16)21)22-14(20)11-7-9-5-3-4-6-10(9)17-11/h3-8,12,17H,1-2H3,(H3,16,18,19,21)/t12-/m0/s1. The van der Waals surface area contributed by atoms with E-state index in [1.54, 1.807) is 19.9 Å². The van der Waals surface area contributed by atoms with Gasteiger partial charge in [0, 0.05) is 10.9 Å². The summed E-state index contributed by atoms with van der Waals surface area (Å²) >= 11 is 0. The molecule has 4 N–H and O–H groups in total. The summed E-state index contributed by atoms with van der Waals surface area (Å²) in [6.45, 7) is 3.40. The summed E-state index contributed by atoms with van der Waals surface area (Å²) in [5.74, 6) is -1.73. The number of carbonyl (C=O) groups is 3. The van der Waals surface area contributed by atoms with Crippen molar-refractivity contribution in [1.29, 1.82) is 0 Å². The van der Waals surface area contributed by atoms with E-state index in [0.717, 1.165) is 10.9 Å². The second kappa shape index (κ2) is 6.30. The lowest BCUT2D eigenvalue weighted by molar-refractivity contribution is -0.130. The van der Waals surface area contributed by atoms with Gasteiger partial charge in [-0.15, -0.1) is 0 Å². The number of aromatic amines is 1. The van der Waals surface area contributed by atoms with Crippen LogP contribution in [0.3, 0.4) is 0 Å². The maximum Gasteiger partial charge on any atom is 0.355 e. The average Bonchev–Trinajstić information content (AvgIpc) is 2.87. The molecule has 0 fully saturated rings. The Bertz CT molecular complexity index is 687. The fourth-order valence-electron chi connectivity index (χ4n) is 2.05. The van der Waals surface area contributed by atoms with Crippen LogP contribution in [-0.4, -0.2) is 29.0 Å². The van der Waals surface area contributed by atoms with Crippen molar-refractivity contribution in [2.45, 2.75) is 20.0 Å². The van der Waals surface area contributed by atoms with Crippen LogP contribution in [0.2, 0.25) is 0 Å². The minimum Gasteiger partial charge on any atom is -0.447 e. The molecule has 0 aliphatic heterocycles. The fraction of sp³-hybridized carbons (Fsp3) is 0.267. The van der Waals surface area contributed by atoms with Gasteiger partial charge in [0.05, 0.1) is 0 Å². The molecular weight excluding hydrogens is 286 g/mol. The molecule has 1 atom stereocenters.